The number of aromatic nitrogens is 2. The minimum atomic E-state index is -0.474. The summed E-state index contributed by atoms with van der Waals surface area (Å²) in [6, 6.07) is 7.93. The normalized spacial score (nSPS) is 12.6. The van der Waals surface area contributed by atoms with Gasteiger partial charge in [-0.2, -0.15) is 5.10 Å². The quantitative estimate of drug-likeness (QED) is 0.861. The van der Waals surface area contributed by atoms with Crippen molar-refractivity contribution in [3.8, 4) is 0 Å². The Kier molecular flexibility index (Phi) is 4.35. The van der Waals surface area contributed by atoms with Crippen molar-refractivity contribution in [1.29, 1.82) is 0 Å². The van der Waals surface area contributed by atoms with Crippen molar-refractivity contribution in [3.63, 3.8) is 0 Å². The molecule has 1 atom stereocenters. The van der Waals surface area contributed by atoms with E-state index in [1.165, 1.54) is 5.56 Å². The van der Waals surface area contributed by atoms with Crippen molar-refractivity contribution in [3.05, 3.63) is 52.8 Å². The Hall–Kier alpha value is -1.65. The molecule has 0 spiro atoms. The maximum absolute atomic E-state index is 10.2. The predicted molar refractivity (Wildman–Crippen MR) is 75.8 cm³/mol. The Morgan fingerprint density at radius 2 is 2.05 bits per heavy atom. The maximum Gasteiger partial charge on any atom is 0.0917 e. The first-order valence-electron chi connectivity index (χ1n) is 6.51. The van der Waals surface area contributed by atoms with Gasteiger partial charge in [-0.05, 0) is 25.0 Å². The molecule has 1 aromatic carbocycles. The van der Waals surface area contributed by atoms with E-state index in [9.17, 15) is 5.11 Å². The standard InChI is InChI=1S/C15H21N3O/c1-11-6-4-5-7-14(11)15(19)10-16-8-13-9-17-18(3)12(13)2/h4-7,9,15-16,19H,8,10H2,1-3H3. The van der Waals surface area contributed by atoms with E-state index < -0.39 is 6.10 Å². The van der Waals surface area contributed by atoms with E-state index in [-0.39, 0.29) is 0 Å². The molecule has 2 N–H and O–H groups in total. The maximum atomic E-state index is 10.2. The minimum Gasteiger partial charge on any atom is -0.387 e. The Balaban J connectivity index is 1.89. The van der Waals surface area contributed by atoms with E-state index in [1.807, 2.05) is 56.0 Å². The third-order valence-electron chi connectivity index (χ3n) is 3.54. The lowest BCUT2D eigenvalue weighted by molar-refractivity contribution is 0.173. The highest BCUT2D eigenvalue weighted by Crippen LogP contribution is 2.16. The number of nitrogens with zero attached hydrogens (tertiary/aromatic N) is 2. The molecule has 0 fully saturated rings. The second kappa shape index (κ2) is 5.99. The average molecular weight is 259 g/mol. The number of nitrogens with one attached hydrogen (secondary N) is 1. The van der Waals surface area contributed by atoms with Crippen LogP contribution in [0, 0.1) is 13.8 Å². The third-order valence-corrected chi connectivity index (χ3v) is 3.54. The number of hydrogen-bond donors (Lipinski definition) is 2. The van der Waals surface area contributed by atoms with E-state index in [4.69, 9.17) is 0 Å². The first kappa shape index (κ1) is 13.8. The molecule has 0 aliphatic rings. The molecule has 0 aliphatic heterocycles. The Morgan fingerprint density at radius 1 is 1.32 bits per heavy atom. The minimum absolute atomic E-state index is 0.474. The monoisotopic (exact) mass is 259 g/mol. The molecular weight excluding hydrogens is 238 g/mol. The van der Waals surface area contributed by atoms with Gasteiger partial charge in [0.15, 0.2) is 0 Å². The molecule has 2 rings (SSSR count). The highest BCUT2D eigenvalue weighted by molar-refractivity contribution is 5.27. The zero-order valence-electron chi connectivity index (χ0n) is 11.7. The van der Waals surface area contributed by atoms with Gasteiger partial charge in [0.05, 0.1) is 12.3 Å². The van der Waals surface area contributed by atoms with Gasteiger partial charge in [-0.1, -0.05) is 24.3 Å². The van der Waals surface area contributed by atoms with Crippen LogP contribution in [0.5, 0.6) is 0 Å². The Morgan fingerprint density at radius 3 is 2.68 bits per heavy atom. The van der Waals surface area contributed by atoms with E-state index in [2.05, 4.69) is 10.4 Å². The van der Waals surface area contributed by atoms with Crippen LogP contribution in [-0.4, -0.2) is 21.4 Å². The molecular formula is C15H21N3O. The van der Waals surface area contributed by atoms with E-state index >= 15 is 0 Å². The van der Waals surface area contributed by atoms with Crippen molar-refractivity contribution in [2.45, 2.75) is 26.5 Å². The van der Waals surface area contributed by atoms with Gasteiger partial charge in [-0.15, -0.1) is 0 Å². The average Bonchev–Trinajstić information content (AvgIpc) is 2.71. The summed E-state index contributed by atoms with van der Waals surface area (Å²) in [5, 5.41) is 17.6. The highest BCUT2D eigenvalue weighted by atomic mass is 16.3. The molecule has 1 aromatic heterocycles. The lowest BCUT2D eigenvalue weighted by Gasteiger charge is -2.14. The SMILES string of the molecule is Cc1ccccc1C(O)CNCc1cnn(C)c1C. The number of aliphatic hydroxyl groups excluding tert-OH is 1. The molecule has 4 nitrogen and oxygen atoms in total. The van der Waals surface area contributed by atoms with Crippen molar-refractivity contribution in [1.82, 2.24) is 15.1 Å². The van der Waals surface area contributed by atoms with Crippen LogP contribution in [0.25, 0.3) is 0 Å². The number of hydrogen-bond acceptors (Lipinski definition) is 3. The molecule has 4 heteroatoms. The lowest BCUT2D eigenvalue weighted by Crippen LogP contribution is -2.21. The summed E-state index contributed by atoms with van der Waals surface area (Å²) < 4.78 is 1.86. The summed E-state index contributed by atoms with van der Waals surface area (Å²) in [6.45, 7) is 5.33. The fraction of sp³-hybridized carbons (Fsp3) is 0.400. The fourth-order valence-electron chi connectivity index (χ4n) is 2.13. The molecule has 1 heterocycles. The zero-order chi connectivity index (χ0) is 13.8. The molecule has 1 unspecified atom stereocenters. The third kappa shape index (κ3) is 3.22. The van der Waals surface area contributed by atoms with E-state index in [0.29, 0.717) is 6.54 Å². The van der Waals surface area contributed by atoms with Crippen LogP contribution in [0.1, 0.15) is 28.5 Å². The second-order valence-electron chi connectivity index (χ2n) is 4.88. The van der Waals surface area contributed by atoms with Crippen molar-refractivity contribution in [2.24, 2.45) is 7.05 Å². The van der Waals surface area contributed by atoms with Crippen LogP contribution in [0.15, 0.2) is 30.5 Å². The number of benzene rings is 1. The predicted octanol–water partition coefficient (Wildman–Crippen LogP) is 1.86. The van der Waals surface area contributed by atoms with Crippen LogP contribution in [-0.2, 0) is 13.6 Å². The molecule has 0 amide bonds. The van der Waals surface area contributed by atoms with Crippen molar-refractivity contribution in [2.75, 3.05) is 6.54 Å². The van der Waals surface area contributed by atoms with Crippen LogP contribution in [0.3, 0.4) is 0 Å². The van der Waals surface area contributed by atoms with Gasteiger partial charge >= 0.3 is 0 Å². The number of aliphatic hydroxyl groups is 1. The van der Waals surface area contributed by atoms with Gasteiger partial charge in [0.25, 0.3) is 0 Å². The van der Waals surface area contributed by atoms with E-state index in [0.717, 1.165) is 23.4 Å². The fourth-order valence-corrected chi connectivity index (χ4v) is 2.13. The van der Waals surface area contributed by atoms with Crippen LogP contribution >= 0.6 is 0 Å². The molecule has 0 radical (unpaired) electrons. The zero-order valence-corrected chi connectivity index (χ0v) is 11.7. The van der Waals surface area contributed by atoms with Gasteiger partial charge in [0.1, 0.15) is 0 Å². The summed E-state index contributed by atoms with van der Waals surface area (Å²) in [5.74, 6) is 0. The highest BCUT2D eigenvalue weighted by Gasteiger charge is 2.10. The van der Waals surface area contributed by atoms with Crippen LogP contribution in [0.4, 0.5) is 0 Å². The molecule has 0 saturated heterocycles. The summed E-state index contributed by atoms with van der Waals surface area (Å²) in [4.78, 5) is 0. The molecule has 19 heavy (non-hydrogen) atoms. The smallest absolute Gasteiger partial charge is 0.0917 e. The van der Waals surface area contributed by atoms with Gasteiger partial charge in [0.2, 0.25) is 0 Å². The first-order chi connectivity index (χ1) is 9.09. The molecule has 0 saturated carbocycles. The van der Waals surface area contributed by atoms with Crippen LogP contribution in [0.2, 0.25) is 0 Å². The second-order valence-corrected chi connectivity index (χ2v) is 4.88. The van der Waals surface area contributed by atoms with Crippen LogP contribution < -0.4 is 5.32 Å². The van der Waals surface area contributed by atoms with E-state index in [1.54, 1.807) is 0 Å². The summed E-state index contributed by atoms with van der Waals surface area (Å²) in [6.07, 6.45) is 1.39. The molecule has 102 valence electrons. The van der Waals surface area contributed by atoms with Gasteiger partial charge in [0, 0.05) is 31.4 Å². The van der Waals surface area contributed by atoms with Crippen molar-refractivity contribution >= 4 is 0 Å². The first-order valence-corrected chi connectivity index (χ1v) is 6.51. The largest absolute Gasteiger partial charge is 0.387 e. The Bertz CT molecular complexity index is 548. The molecule has 2 aromatic rings. The summed E-state index contributed by atoms with van der Waals surface area (Å²) >= 11 is 0. The summed E-state index contributed by atoms with van der Waals surface area (Å²) in [7, 11) is 1.93. The van der Waals surface area contributed by atoms with Gasteiger partial charge < -0.3 is 10.4 Å². The summed E-state index contributed by atoms with van der Waals surface area (Å²) in [5.41, 5.74) is 4.42. The van der Waals surface area contributed by atoms with Gasteiger partial charge in [-0.3, -0.25) is 4.68 Å². The molecule has 0 aliphatic carbocycles. The molecule has 0 bridgehead atoms. The number of rotatable bonds is 5. The number of aryl methyl sites for hydroxylation is 2. The van der Waals surface area contributed by atoms with Crippen molar-refractivity contribution < 1.29 is 5.11 Å². The topological polar surface area (TPSA) is 50.1 Å². The lowest BCUT2D eigenvalue weighted by atomic mass is 10.0. The Labute approximate surface area is 114 Å². The van der Waals surface area contributed by atoms with Gasteiger partial charge in [-0.25, -0.2) is 0 Å².